The molecule has 0 atom stereocenters. The first-order chi connectivity index (χ1) is 11.0. The highest BCUT2D eigenvalue weighted by Crippen LogP contribution is 2.23. The number of nitrogens with zero attached hydrogens (tertiary/aromatic N) is 2. The quantitative estimate of drug-likeness (QED) is 0.802. The van der Waals surface area contributed by atoms with Crippen LogP contribution in [0.5, 0.6) is 0 Å². The zero-order valence-electron chi connectivity index (χ0n) is 14.2. The minimum Gasteiger partial charge on any atom is -0.381 e. The molecule has 1 heterocycles. The van der Waals surface area contributed by atoms with Gasteiger partial charge in [0.1, 0.15) is 0 Å². The van der Waals surface area contributed by atoms with Crippen molar-refractivity contribution in [2.45, 2.75) is 26.8 Å². The van der Waals surface area contributed by atoms with Crippen molar-refractivity contribution < 1.29 is 0 Å². The Morgan fingerprint density at radius 3 is 2.13 bits per heavy atom. The Morgan fingerprint density at radius 2 is 1.52 bits per heavy atom. The van der Waals surface area contributed by atoms with Crippen LogP contribution in [0.25, 0.3) is 11.0 Å². The molecule has 0 bridgehead atoms. The summed E-state index contributed by atoms with van der Waals surface area (Å²) in [7, 11) is 3.62. The van der Waals surface area contributed by atoms with Gasteiger partial charge < -0.3 is 5.32 Å². The number of fused-ring (bicyclic) bond motifs is 1. The molecule has 3 rings (SSSR count). The van der Waals surface area contributed by atoms with E-state index in [1.54, 1.807) is 9.13 Å². The number of hydrogen-bond acceptors (Lipinski definition) is 2. The van der Waals surface area contributed by atoms with Gasteiger partial charge in [0.15, 0.2) is 0 Å². The molecule has 2 aromatic carbocycles. The number of benzene rings is 2. The first kappa shape index (κ1) is 15.4. The first-order valence-electron chi connectivity index (χ1n) is 7.99. The summed E-state index contributed by atoms with van der Waals surface area (Å²) in [4.78, 5) is 12.1. The molecule has 4 heteroatoms. The third-order valence-corrected chi connectivity index (χ3v) is 4.53. The summed E-state index contributed by atoms with van der Waals surface area (Å²) in [6.07, 6.45) is 1.06. The summed E-state index contributed by atoms with van der Waals surface area (Å²) in [5.74, 6) is 0. The van der Waals surface area contributed by atoms with Crippen LogP contribution in [0, 0.1) is 6.92 Å². The fourth-order valence-corrected chi connectivity index (χ4v) is 2.93. The van der Waals surface area contributed by atoms with Gasteiger partial charge in [-0.2, -0.15) is 0 Å². The predicted molar refractivity (Wildman–Crippen MR) is 96.0 cm³/mol. The van der Waals surface area contributed by atoms with Gasteiger partial charge in [0.2, 0.25) is 0 Å². The van der Waals surface area contributed by atoms with E-state index in [4.69, 9.17) is 0 Å². The highest BCUT2D eigenvalue weighted by molar-refractivity contribution is 5.82. The summed E-state index contributed by atoms with van der Waals surface area (Å²) in [6, 6.07) is 12.8. The maximum atomic E-state index is 12.1. The van der Waals surface area contributed by atoms with Crippen molar-refractivity contribution in [3.8, 4) is 0 Å². The van der Waals surface area contributed by atoms with Gasteiger partial charge in [-0.1, -0.05) is 31.2 Å². The number of imidazole rings is 1. The lowest BCUT2D eigenvalue weighted by molar-refractivity contribution is 0.795. The van der Waals surface area contributed by atoms with Crippen LogP contribution in [-0.2, 0) is 27.1 Å². The molecule has 1 N–H and O–H groups in total. The van der Waals surface area contributed by atoms with Gasteiger partial charge in [-0.15, -0.1) is 0 Å². The van der Waals surface area contributed by atoms with E-state index in [1.807, 2.05) is 14.1 Å². The molecule has 1 aromatic heterocycles. The summed E-state index contributed by atoms with van der Waals surface area (Å²) in [5.41, 5.74) is 6.74. The molecule has 0 saturated carbocycles. The van der Waals surface area contributed by atoms with Gasteiger partial charge in [-0.3, -0.25) is 9.13 Å². The summed E-state index contributed by atoms with van der Waals surface area (Å²) >= 11 is 0. The van der Waals surface area contributed by atoms with Gasteiger partial charge in [0.25, 0.3) is 0 Å². The molecule has 0 fully saturated rings. The van der Waals surface area contributed by atoms with Crippen molar-refractivity contribution in [1.29, 1.82) is 0 Å². The van der Waals surface area contributed by atoms with E-state index in [1.165, 1.54) is 11.1 Å². The number of hydrogen-bond donors (Lipinski definition) is 1. The lowest BCUT2D eigenvalue weighted by Gasteiger charge is -2.11. The first-order valence-corrected chi connectivity index (χ1v) is 7.99. The molecule has 0 amide bonds. The monoisotopic (exact) mass is 309 g/mol. The molecule has 0 saturated heterocycles. The fraction of sp³-hybridized carbons (Fsp3) is 0.316. The van der Waals surface area contributed by atoms with Crippen LogP contribution in [0.1, 0.15) is 23.6 Å². The second kappa shape index (κ2) is 5.95. The highest BCUT2D eigenvalue weighted by Gasteiger charge is 2.10. The zero-order valence-corrected chi connectivity index (χ0v) is 14.2. The Hall–Kier alpha value is -2.49. The topological polar surface area (TPSA) is 39.0 Å². The second-order valence-electron chi connectivity index (χ2n) is 6.08. The number of nitrogens with one attached hydrogen (secondary N) is 1. The molecular weight excluding hydrogens is 286 g/mol. The van der Waals surface area contributed by atoms with Gasteiger partial charge in [-0.25, -0.2) is 4.79 Å². The maximum absolute atomic E-state index is 12.1. The second-order valence-corrected chi connectivity index (χ2v) is 6.08. The van der Waals surface area contributed by atoms with E-state index in [0.29, 0.717) is 0 Å². The zero-order chi connectivity index (χ0) is 16.6. The van der Waals surface area contributed by atoms with Gasteiger partial charge in [0.05, 0.1) is 11.0 Å². The van der Waals surface area contributed by atoms with E-state index in [0.717, 1.165) is 35.2 Å². The fourth-order valence-electron chi connectivity index (χ4n) is 2.93. The number of aryl methyl sites for hydroxylation is 4. The Balaban J connectivity index is 1.89. The third kappa shape index (κ3) is 2.77. The smallest absolute Gasteiger partial charge is 0.328 e. The van der Waals surface area contributed by atoms with Crippen LogP contribution in [0.3, 0.4) is 0 Å². The minimum absolute atomic E-state index is 0.00621. The van der Waals surface area contributed by atoms with Crippen molar-refractivity contribution in [2.75, 3.05) is 5.32 Å². The Labute approximate surface area is 136 Å². The largest absolute Gasteiger partial charge is 0.381 e. The van der Waals surface area contributed by atoms with Crippen LogP contribution in [0.15, 0.2) is 41.2 Å². The Kier molecular flexibility index (Phi) is 3.99. The minimum atomic E-state index is 0.00621. The highest BCUT2D eigenvalue weighted by atomic mass is 16.1. The summed E-state index contributed by atoms with van der Waals surface area (Å²) < 4.78 is 3.38. The van der Waals surface area contributed by atoms with Crippen molar-refractivity contribution in [1.82, 2.24) is 9.13 Å². The molecular formula is C19H23N3O. The van der Waals surface area contributed by atoms with Gasteiger partial charge in [-0.05, 0) is 42.2 Å². The number of aromatic nitrogens is 2. The molecule has 0 aliphatic rings. The summed E-state index contributed by atoms with van der Waals surface area (Å²) in [5, 5.41) is 3.49. The molecule has 120 valence electrons. The van der Waals surface area contributed by atoms with Gasteiger partial charge in [0, 0.05) is 26.3 Å². The maximum Gasteiger partial charge on any atom is 0.328 e. The van der Waals surface area contributed by atoms with E-state index in [-0.39, 0.29) is 5.69 Å². The van der Waals surface area contributed by atoms with Gasteiger partial charge >= 0.3 is 5.69 Å². The lowest BCUT2D eigenvalue weighted by Crippen LogP contribution is -2.19. The molecule has 0 aliphatic heterocycles. The van der Waals surface area contributed by atoms with E-state index >= 15 is 0 Å². The van der Waals surface area contributed by atoms with E-state index < -0.39 is 0 Å². The molecule has 4 nitrogen and oxygen atoms in total. The van der Waals surface area contributed by atoms with Crippen LogP contribution in [0.2, 0.25) is 0 Å². The SMILES string of the molecule is CCc1ccc(CNc2cc3c(cc2C)n(C)c(=O)n3C)cc1. The standard InChI is InChI=1S/C19H23N3O/c1-5-14-6-8-15(9-7-14)12-20-16-11-18-17(10-13(16)2)21(3)19(23)22(18)4/h6-11,20H,5,12H2,1-4H3. The van der Waals surface area contributed by atoms with Crippen LogP contribution in [-0.4, -0.2) is 9.13 Å². The lowest BCUT2D eigenvalue weighted by atomic mass is 10.1. The Morgan fingerprint density at radius 1 is 0.957 bits per heavy atom. The third-order valence-electron chi connectivity index (χ3n) is 4.53. The van der Waals surface area contributed by atoms with E-state index in [9.17, 15) is 4.79 Å². The molecule has 3 aromatic rings. The number of anilines is 1. The Bertz CT molecular complexity index is 901. The average Bonchev–Trinajstić information content (AvgIpc) is 2.77. The predicted octanol–water partition coefficient (Wildman–Crippen LogP) is 3.36. The van der Waals surface area contributed by atoms with Crippen molar-refractivity contribution >= 4 is 16.7 Å². The van der Waals surface area contributed by atoms with E-state index in [2.05, 4.69) is 55.6 Å². The molecule has 0 aliphatic carbocycles. The van der Waals surface area contributed by atoms with Crippen molar-refractivity contribution in [3.05, 3.63) is 63.6 Å². The van der Waals surface area contributed by atoms with Crippen LogP contribution in [0.4, 0.5) is 5.69 Å². The molecule has 23 heavy (non-hydrogen) atoms. The van der Waals surface area contributed by atoms with Crippen molar-refractivity contribution in [2.24, 2.45) is 14.1 Å². The molecule has 0 spiro atoms. The van der Waals surface area contributed by atoms with Crippen molar-refractivity contribution in [3.63, 3.8) is 0 Å². The van der Waals surface area contributed by atoms with Crippen LogP contribution >= 0.6 is 0 Å². The number of rotatable bonds is 4. The molecule has 0 unspecified atom stereocenters. The summed E-state index contributed by atoms with van der Waals surface area (Å²) in [6.45, 7) is 5.01. The van der Waals surface area contributed by atoms with Crippen LogP contribution < -0.4 is 11.0 Å². The normalized spacial score (nSPS) is 11.1. The average molecular weight is 309 g/mol. The molecule has 0 radical (unpaired) electrons.